The van der Waals surface area contributed by atoms with Crippen LogP contribution >= 0.6 is 0 Å². The van der Waals surface area contributed by atoms with Gasteiger partial charge in [0, 0.05) is 12.7 Å². The van der Waals surface area contributed by atoms with Crippen LogP contribution in [0, 0.1) is 0 Å². The van der Waals surface area contributed by atoms with Crippen molar-refractivity contribution in [3.05, 3.63) is 47.7 Å². The van der Waals surface area contributed by atoms with Gasteiger partial charge in [0.25, 0.3) is 0 Å². The normalized spacial score (nSPS) is 13.3. The van der Waals surface area contributed by atoms with E-state index in [4.69, 9.17) is 0 Å². The first-order valence-electron chi connectivity index (χ1n) is 5.48. The molecule has 0 heterocycles. The van der Waals surface area contributed by atoms with E-state index in [1.165, 1.54) is 11.3 Å². The van der Waals surface area contributed by atoms with Crippen LogP contribution in [0.1, 0.15) is 33.6 Å². The molecule has 0 aliphatic rings. The zero-order valence-corrected chi connectivity index (χ0v) is 10.4. The smallest absolute Gasteiger partial charge is 0.0101 e. The van der Waals surface area contributed by atoms with Crippen LogP contribution in [0.3, 0.4) is 0 Å². The van der Waals surface area contributed by atoms with Crippen LogP contribution in [0.5, 0.6) is 0 Å². The van der Waals surface area contributed by atoms with Crippen LogP contribution in [0.4, 0.5) is 0 Å². The summed E-state index contributed by atoms with van der Waals surface area (Å²) >= 11 is 0. The summed E-state index contributed by atoms with van der Waals surface area (Å²) in [7, 11) is 1.96. The van der Waals surface area contributed by atoms with Crippen molar-refractivity contribution in [2.24, 2.45) is 0 Å². The van der Waals surface area contributed by atoms with Crippen molar-refractivity contribution < 1.29 is 0 Å². The van der Waals surface area contributed by atoms with E-state index in [1.54, 1.807) is 0 Å². The number of allylic oxidation sites excluding steroid dienone is 7. The van der Waals surface area contributed by atoms with Gasteiger partial charge in [-0.25, -0.2) is 0 Å². The van der Waals surface area contributed by atoms with Gasteiger partial charge in [0.05, 0.1) is 0 Å². The molecule has 1 heteroatoms. The van der Waals surface area contributed by atoms with Crippen molar-refractivity contribution in [2.75, 3.05) is 7.05 Å². The van der Waals surface area contributed by atoms with Crippen molar-refractivity contribution >= 4 is 0 Å². The molecule has 0 saturated heterocycles. The summed E-state index contributed by atoms with van der Waals surface area (Å²) in [6.07, 6.45) is 10.4. The largest absolute Gasteiger partial charge is 0.391 e. The minimum absolute atomic E-state index is 0.946. The van der Waals surface area contributed by atoms with E-state index in [0.717, 1.165) is 18.4 Å². The molecule has 0 aromatic heterocycles. The molecule has 0 aliphatic carbocycles. The van der Waals surface area contributed by atoms with Crippen LogP contribution in [-0.2, 0) is 0 Å². The predicted molar refractivity (Wildman–Crippen MR) is 69.8 cm³/mol. The van der Waals surface area contributed by atoms with Gasteiger partial charge in [0.1, 0.15) is 0 Å². The molecule has 0 bridgehead atoms. The molecule has 15 heavy (non-hydrogen) atoms. The van der Waals surface area contributed by atoms with E-state index >= 15 is 0 Å². The fourth-order valence-electron chi connectivity index (χ4n) is 1.33. The monoisotopic (exact) mass is 205 g/mol. The highest BCUT2D eigenvalue weighted by Gasteiger charge is 1.91. The molecule has 0 atom stereocenters. The first-order chi connectivity index (χ1) is 7.13. The first-order valence-corrected chi connectivity index (χ1v) is 5.48. The highest BCUT2D eigenvalue weighted by molar-refractivity contribution is 5.24. The average molecular weight is 205 g/mol. The second kappa shape index (κ2) is 8.10. The lowest BCUT2D eigenvalue weighted by Crippen LogP contribution is -2.03. The quantitative estimate of drug-likeness (QED) is 0.647. The van der Waals surface area contributed by atoms with Gasteiger partial charge >= 0.3 is 0 Å². The van der Waals surface area contributed by atoms with Gasteiger partial charge in [-0.05, 0) is 32.8 Å². The lowest BCUT2D eigenvalue weighted by molar-refractivity contribution is 0.900. The van der Waals surface area contributed by atoms with Crippen molar-refractivity contribution in [1.29, 1.82) is 0 Å². The summed E-state index contributed by atoms with van der Waals surface area (Å²) < 4.78 is 0. The number of hydrogen-bond donors (Lipinski definition) is 1. The van der Waals surface area contributed by atoms with Crippen molar-refractivity contribution in [2.45, 2.75) is 33.6 Å². The summed E-state index contributed by atoms with van der Waals surface area (Å²) in [5.41, 5.74) is 3.74. The second-order valence-electron chi connectivity index (χ2n) is 3.64. The molecular weight excluding hydrogens is 182 g/mol. The predicted octanol–water partition coefficient (Wildman–Crippen LogP) is 3.97. The first kappa shape index (κ1) is 13.8. The van der Waals surface area contributed by atoms with Gasteiger partial charge in [0.2, 0.25) is 0 Å². The number of nitrogens with one attached hydrogen (secondary N) is 1. The number of rotatable bonds is 6. The highest BCUT2D eigenvalue weighted by Crippen LogP contribution is 2.10. The molecule has 84 valence electrons. The van der Waals surface area contributed by atoms with Crippen LogP contribution in [0.2, 0.25) is 0 Å². The zero-order valence-electron chi connectivity index (χ0n) is 10.4. The SMILES string of the molecule is C=C(/C=C\C)C/C(C)=C\C=C(/CC)NC. The average Bonchev–Trinajstić information content (AvgIpc) is 2.19. The Morgan fingerprint density at radius 2 is 2.00 bits per heavy atom. The van der Waals surface area contributed by atoms with E-state index in [9.17, 15) is 0 Å². The second-order valence-corrected chi connectivity index (χ2v) is 3.64. The number of hydrogen-bond acceptors (Lipinski definition) is 1. The Bertz CT molecular complexity index is 274. The molecule has 0 aliphatic heterocycles. The van der Waals surface area contributed by atoms with E-state index < -0.39 is 0 Å². The Labute approximate surface area is 94.3 Å². The third-order valence-corrected chi connectivity index (χ3v) is 2.18. The van der Waals surface area contributed by atoms with Gasteiger partial charge < -0.3 is 5.32 Å². The summed E-state index contributed by atoms with van der Waals surface area (Å²) in [5, 5.41) is 3.17. The molecule has 0 amide bonds. The summed E-state index contributed by atoms with van der Waals surface area (Å²) in [5.74, 6) is 0. The van der Waals surface area contributed by atoms with E-state index in [0.29, 0.717) is 0 Å². The zero-order chi connectivity index (χ0) is 11.7. The minimum atomic E-state index is 0.946. The molecule has 0 rings (SSSR count). The van der Waals surface area contributed by atoms with Crippen LogP contribution in [0.15, 0.2) is 47.7 Å². The molecule has 0 unspecified atom stereocenters. The van der Waals surface area contributed by atoms with Crippen LogP contribution in [0.25, 0.3) is 0 Å². The molecule has 0 aromatic carbocycles. The Morgan fingerprint density at radius 3 is 2.47 bits per heavy atom. The summed E-state index contributed by atoms with van der Waals surface area (Å²) in [6, 6.07) is 0. The fourth-order valence-corrected chi connectivity index (χ4v) is 1.33. The molecule has 0 aromatic rings. The van der Waals surface area contributed by atoms with E-state index in [2.05, 4.69) is 44.0 Å². The third kappa shape index (κ3) is 6.78. The Balaban J connectivity index is 4.31. The molecule has 0 saturated carbocycles. The molecule has 1 N–H and O–H groups in total. The maximum Gasteiger partial charge on any atom is 0.0101 e. The fraction of sp³-hybridized carbons (Fsp3) is 0.429. The highest BCUT2D eigenvalue weighted by atomic mass is 14.8. The van der Waals surface area contributed by atoms with Gasteiger partial charge in [-0.3, -0.25) is 0 Å². The van der Waals surface area contributed by atoms with Crippen LogP contribution < -0.4 is 5.32 Å². The standard InChI is InChI=1S/C14H23N/c1-6-8-12(3)11-13(4)9-10-14(7-2)15-5/h6,8-10,15H,3,7,11H2,1-2,4-5H3/b8-6-,13-9-,14-10+. The van der Waals surface area contributed by atoms with Crippen molar-refractivity contribution in [3.8, 4) is 0 Å². The Morgan fingerprint density at radius 1 is 1.33 bits per heavy atom. The van der Waals surface area contributed by atoms with Crippen LogP contribution in [-0.4, -0.2) is 7.05 Å². The minimum Gasteiger partial charge on any atom is -0.391 e. The van der Waals surface area contributed by atoms with Gasteiger partial charge in [-0.2, -0.15) is 0 Å². The third-order valence-electron chi connectivity index (χ3n) is 2.18. The Hall–Kier alpha value is -1.24. The maximum absolute atomic E-state index is 3.99. The summed E-state index contributed by atoms with van der Waals surface area (Å²) in [4.78, 5) is 0. The lowest BCUT2D eigenvalue weighted by atomic mass is 10.1. The van der Waals surface area contributed by atoms with Gasteiger partial charge in [-0.1, -0.05) is 42.9 Å². The topological polar surface area (TPSA) is 12.0 Å². The molecular formula is C14H23N. The van der Waals surface area contributed by atoms with Gasteiger partial charge in [0.15, 0.2) is 0 Å². The maximum atomic E-state index is 3.99. The molecule has 0 spiro atoms. The Kier molecular flexibility index (Phi) is 7.43. The van der Waals surface area contributed by atoms with Gasteiger partial charge in [-0.15, -0.1) is 0 Å². The molecule has 0 radical (unpaired) electrons. The summed E-state index contributed by atoms with van der Waals surface area (Å²) in [6.45, 7) is 10.3. The van der Waals surface area contributed by atoms with E-state index in [-0.39, 0.29) is 0 Å². The molecule has 1 nitrogen and oxygen atoms in total. The van der Waals surface area contributed by atoms with Crippen molar-refractivity contribution in [1.82, 2.24) is 5.32 Å². The van der Waals surface area contributed by atoms with E-state index in [1.807, 2.05) is 20.0 Å². The van der Waals surface area contributed by atoms with Crippen molar-refractivity contribution in [3.63, 3.8) is 0 Å². The lowest BCUT2D eigenvalue weighted by Gasteiger charge is -2.02. The molecule has 0 fully saturated rings.